The van der Waals surface area contributed by atoms with Gasteiger partial charge in [-0.1, -0.05) is 38.0 Å². The molecule has 0 saturated carbocycles. The van der Waals surface area contributed by atoms with Gasteiger partial charge in [-0.2, -0.15) is 0 Å². The predicted octanol–water partition coefficient (Wildman–Crippen LogP) is 3.68. The van der Waals surface area contributed by atoms with Gasteiger partial charge in [-0.25, -0.2) is 4.79 Å². The number of nitrogens with zero attached hydrogens (tertiary/aromatic N) is 2. The third kappa shape index (κ3) is 2.67. The number of urea groups is 1. The monoisotopic (exact) mass is 272 g/mol. The molecule has 108 valence electrons. The number of carbonyl (C=O) groups is 1. The first-order valence-electron chi connectivity index (χ1n) is 7.90. The number of hydrogen-bond acceptors (Lipinski definition) is 1. The van der Waals surface area contributed by atoms with Crippen LogP contribution in [0.15, 0.2) is 24.3 Å². The van der Waals surface area contributed by atoms with E-state index in [2.05, 4.69) is 30.0 Å². The molecule has 0 N–H and O–H groups in total. The van der Waals surface area contributed by atoms with Crippen LogP contribution in [0.2, 0.25) is 0 Å². The summed E-state index contributed by atoms with van der Waals surface area (Å²) in [5.41, 5.74) is 2.44. The number of hydrogen-bond donors (Lipinski definition) is 0. The van der Waals surface area contributed by atoms with Gasteiger partial charge < -0.3 is 4.90 Å². The predicted molar refractivity (Wildman–Crippen MR) is 82.1 cm³/mol. The van der Waals surface area contributed by atoms with Crippen LogP contribution in [0.4, 0.5) is 10.5 Å². The number of benzene rings is 1. The molecule has 0 aromatic heterocycles. The number of anilines is 1. The highest BCUT2D eigenvalue weighted by atomic mass is 16.2. The molecule has 0 aliphatic carbocycles. The molecule has 1 unspecified atom stereocenters. The Morgan fingerprint density at radius 2 is 1.80 bits per heavy atom. The van der Waals surface area contributed by atoms with Crippen molar-refractivity contribution in [2.24, 2.45) is 5.92 Å². The van der Waals surface area contributed by atoms with Crippen molar-refractivity contribution in [3.05, 3.63) is 29.8 Å². The minimum atomic E-state index is 0.214. The maximum atomic E-state index is 12.9. The Kier molecular flexibility index (Phi) is 3.95. The Labute approximate surface area is 121 Å². The molecular formula is C17H24N2O. The smallest absolute Gasteiger partial charge is 0.324 e. The molecule has 0 bridgehead atoms. The fourth-order valence-electron chi connectivity index (χ4n) is 3.41. The van der Waals surface area contributed by atoms with E-state index < -0.39 is 0 Å². The Balaban J connectivity index is 1.83. The van der Waals surface area contributed by atoms with Crippen LogP contribution in [-0.4, -0.2) is 30.6 Å². The van der Waals surface area contributed by atoms with Gasteiger partial charge in [0.15, 0.2) is 0 Å². The van der Waals surface area contributed by atoms with Crippen molar-refractivity contribution in [2.75, 3.05) is 24.5 Å². The van der Waals surface area contributed by atoms with Crippen LogP contribution in [0.1, 0.15) is 38.2 Å². The van der Waals surface area contributed by atoms with Crippen molar-refractivity contribution in [1.82, 2.24) is 4.90 Å². The molecule has 1 fully saturated rings. The Bertz CT molecular complexity index is 478. The minimum Gasteiger partial charge on any atom is -0.324 e. The van der Waals surface area contributed by atoms with Gasteiger partial charge in [0.25, 0.3) is 0 Å². The zero-order chi connectivity index (χ0) is 13.9. The van der Waals surface area contributed by atoms with Gasteiger partial charge >= 0.3 is 6.03 Å². The molecule has 1 saturated heterocycles. The molecule has 1 aromatic carbocycles. The van der Waals surface area contributed by atoms with Gasteiger partial charge in [-0.05, 0) is 36.8 Å². The van der Waals surface area contributed by atoms with Crippen molar-refractivity contribution in [2.45, 2.75) is 39.0 Å². The van der Waals surface area contributed by atoms with Gasteiger partial charge in [0.2, 0.25) is 0 Å². The lowest BCUT2D eigenvalue weighted by molar-refractivity contribution is 0.204. The van der Waals surface area contributed by atoms with E-state index >= 15 is 0 Å². The summed E-state index contributed by atoms with van der Waals surface area (Å²) < 4.78 is 0. The molecule has 0 radical (unpaired) electrons. The lowest BCUT2D eigenvalue weighted by Crippen LogP contribution is -2.47. The molecule has 0 spiro atoms. The van der Waals surface area contributed by atoms with E-state index in [0.29, 0.717) is 5.92 Å². The van der Waals surface area contributed by atoms with E-state index in [1.54, 1.807) is 0 Å². The lowest BCUT2D eigenvalue weighted by atomic mass is 9.94. The minimum absolute atomic E-state index is 0.214. The highest BCUT2D eigenvalue weighted by Gasteiger charge is 2.29. The van der Waals surface area contributed by atoms with E-state index in [1.807, 2.05) is 11.0 Å². The lowest BCUT2D eigenvalue weighted by Gasteiger charge is -2.36. The van der Waals surface area contributed by atoms with Crippen LogP contribution in [-0.2, 0) is 6.42 Å². The summed E-state index contributed by atoms with van der Waals surface area (Å²) in [5, 5.41) is 0. The Morgan fingerprint density at radius 3 is 2.55 bits per heavy atom. The number of likely N-dealkylation sites (tertiary alicyclic amines) is 1. The van der Waals surface area contributed by atoms with E-state index in [0.717, 1.165) is 44.6 Å². The molecule has 2 heterocycles. The Morgan fingerprint density at radius 1 is 1.10 bits per heavy atom. The van der Waals surface area contributed by atoms with Gasteiger partial charge in [-0.15, -0.1) is 0 Å². The molecule has 1 aromatic rings. The van der Waals surface area contributed by atoms with Crippen molar-refractivity contribution in [3.63, 3.8) is 0 Å². The molecule has 20 heavy (non-hydrogen) atoms. The van der Waals surface area contributed by atoms with Crippen molar-refractivity contribution in [1.29, 1.82) is 0 Å². The molecular weight excluding hydrogens is 248 g/mol. The van der Waals surface area contributed by atoms with E-state index in [1.165, 1.54) is 18.4 Å². The second kappa shape index (κ2) is 5.86. The van der Waals surface area contributed by atoms with Crippen LogP contribution in [0.25, 0.3) is 0 Å². The van der Waals surface area contributed by atoms with Gasteiger partial charge in [0.1, 0.15) is 0 Å². The summed E-state index contributed by atoms with van der Waals surface area (Å²) in [6.07, 6.45) is 5.90. The summed E-state index contributed by atoms with van der Waals surface area (Å²) in [5.74, 6) is 0.542. The average Bonchev–Trinajstić information content (AvgIpc) is 2.74. The molecule has 2 aliphatic heterocycles. The number of fused-ring (bicyclic) bond motifs is 1. The summed E-state index contributed by atoms with van der Waals surface area (Å²) in [7, 11) is 0. The van der Waals surface area contributed by atoms with E-state index in [-0.39, 0.29) is 6.03 Å². The first-order valence-corrected chi connectivity index (χ1v) is 7.90. The van der Waals surface area contributed by atoms with Crippen LogP contribution in [0, 0.1) is 5.92 Å². The highest BCUT2D eigenvalue weighted by molar-refractivity contribution is 5.93. The first kappa shape index (κ1) is 13.5. The third-order valence-electron chi connectivity index (χ3n) is 4.45. The van der Waals surface area contributed by atoms with Crippen LogP contribution < -0.4 is 4.90 Å². The quantitative estimate of drug-likeness (QED) is 0.706. The van der Waals surface area contributed by atoms with Crippen molar-refractivity contribution < 1.29 is 4.79 Å². The zero-order valence-electron chi connectivity index (χ0n) is 12.3. The molecule has 2 amide bonds. The number of carbonyl (C=O) groups excluding carboxylic acids is 1. The van der Waals surface area contributed by atoms with Crippen LogP contribution in [0.5, 0.6) is 0 Å². The van der Waals surface area contributed by atoms with Crippen LogP contribution in [0.3, 0.4) is 0 Å². The average molecular weight is 272 g/mol. The standard InChI is InChI=1S/C17H24N2O/c1-14-12-15-8-4-5-9-16(15)19(13-14)17(20)18-10-6-2-3-7-11-18/h4-5,8-9,14H,2-3,6-7,10-13H2,1H3. The molecule has 3 rings (SSSR count). The summed E-state index contributed by atoms with van der Waals surface area (Å²) >= 11 is 0. The molecule has 3 heteroatoms. The van der Waals surface area contributed by atoms with Crippen molar-refractivity contribution in [3.8, 4) is 0 Å². The maximum absolute atomic E-state index is 12.9. The third-order valence-corrected chi connectivity index (χ3v) is 4.45. The largest absolute Gasteiger partial charge is 0.324 e. The van der Waals surface area contributed by atoms with E-state index in [4.69, 9.17) is 0 Å². The zero-order valence-corrected chi connectivity index (χ0v) is 12.3. The Hall–Kier alpha value is -1.51. The van der Waals surface area contributed by atoms with Crippen LogP contribution >= 0.6 is 0 Å². The van der Waals surface area contributed by atoms with Gasteiger partial charge in [0.05, 0.1) is 0 Å². The number of amides is 2. The maximum Gasteiger partial charge on any atom is 0.324 e. The fraction of sp³-hybridized carbons (Fsp3) is 0.588. The number of rotatable bonds is 0. The second-order valence-corrected chi connectivity index (χ2v) is 6.23. The van der Waals surface area contributed by atoms with Gasteiger partial charge in [0, 0.05) is 25.3 Å². The highest BCUT2D eigenvalue weighted by Crippen LogP contribution is 2.30. The normalized spacial score (nSPS) is 23.1. The topological polar surface area (TPSA) is 23.6 Å². The summed E-state index contributed by atoms with van der Waals surface area (Å²) in [4.78, 5) is 16.9. The van der Waals surface area contributed by atoms with Gasteiger partial charge in [-0.3, -0.25) is 4.90 Å². The number of para-hydroxylation sites is 1. The SMILES string of the molecule is CC1Cc2ccccc2N(C(=O)N2CCCCCC2)C1. The molecule has 3 nitrogen and oxygen atoms in total. The van der Waals surface area contributed by atoms with E-state index in [9.17, 15) is 4.79 Å². The summed E-state index contributed by atoms with van der Waals surface area (Å²) in [6, 6.07) is 8.58. The summed E-state index contributed by atoms with van der Waals surface area (Å²) in [6.45, 7) is 4.93. The van der Waals surface area contributed by atoms with Crippen molar-refractivity contribution >= 4 is 11.7 Å². The first-order chi connectivity index (χ1) is 9.75. The fourth-order valence-corrected chi connectivity index (χ4v) is 3.41. The molecule has 2 aliphatic rings. The second-order valence-electron chi connectivity index (χ2n) is 6.23. The molecule has 1 atom stereocenters.